The Morgan fingerprint density at radius 1 is 0.909 bits per heavy atom. The zero-order valence-electron chi connectivity index (χ0n) is 11.9. The van der Waals surface area contributed by atoms with Gasteiger partial charge >= 0.3 is 5.97 Å². The number of rotatable bonds is 5. The highest BCUT2D eigenvalue weighted by atomic mass is 16.5. The van der Waals surface area contributed by atoms with Crippen molar-refractivity contribution in [3.8, 4) is 5.75 Å². The Labute approximate surface area is 127 Å². The quantitative estimate of drug-likeness (QED) is 0.256. The Bertz CT molecular complexity index is 719. The molecule has 2 aromatic carbocycles. The predicted molar refractivity (Wildman–Crippen MR) is 83.0 cm³/mol. The maximum absolute atomic E-state index is 11.4. The Kier molecular flexibility index (Phi) is 4.87. The minimum absolute atomic E-state index is 0.331. The molecular weight excluding hydrogens is 282 g/mol. The highest BCUT2D eigenvalue weighted by molar-refractivity contribution is 5.88. The smallest absolute Gasteiger partial charge is 0.338 e. The van der Waals surface area contributed by atoms with Crippen molar-refractivity contribution in [2.24, 2.45) is 15.4 Å². The number of esters is 1. The van der Waals surface area contributed by atoms with Gasteiger partial charge in [-0.05, 0) is 60.6 Å². The summed E-state index contributed by atoms with van der Waals surface area (Å²) in [4.78, 5) is 21.7. The van der Waals surface area contributed by atoms with Gasteiger partial charge in [0.15, 0.2) is 0 Å². The van der Waals surface area contributed by atoms with Gasteiger partial charge in [-0.3, -0.25) is 0 Å². The van der Waals surface area contributed by atoms with Gasteiger partial charge in [-0.1, -0.05) is 6.58 Å². The van der Waals surface area contributed by atoms with E-state index in [9.17, 15) is 9.70 Å². The summed E-state index contributed by atoms with van der Waals surface area (Å²) in [6.45, 7) is 5.09. The molecule has 0 amide bonds. The summed E-state index contributed by atoms with van der Waals surface area (Å²) in [5.74, 6) is -0.0633. The maximum Gasteiger partial charge on any atom is 0.338 e. The van der Waals surface area contributed by atoms with Crippen molar-refractivity contribution >= 4 is 23.0 Å². The van der Waals surface area contributed by atoms with Crippen LogP contribution in [-0.4, -0.2) is 5.97 Å². The van der Waals surface area contributed by atoms with Crippen molar-refractivity contribution in [2.45, 2.75) is 6.92 Å². The fourth-order valence-electron chi connectivity index (χ4n) is 1.47. The summed E-state index contributed by atoms with van der Waals surface area (Å²) in [6, 6.07) is 13.0. The summed E-state index contributed by atoms with van der Waals surface area (Å²) in [5.41, 5.74) is 1.87. The van der Waals surface area contributed by atoms with Gasteiger partial charge in [0.25, 0.3) is 0 Å². The van der Waals surface area contributed by atoms with Crippen LogP contribution in [0, 0.1) is 4.91 Å². The second-order valence-electron chi connectivity index (χ2n) is 4.47. The summed E-state index contributed by atoms with van der Waals surface area (Å²) in [7, 11) is 0. The minimum atomic E-state index is -0.474. The third-order valence-corrected chi connectivity index (χ3v) is 2.63. The van der Waals surface area contributed by atoms with E-state index in [1.165, 1.54) is 0 Å². The summed E-state index contributed by atoms with van der Waals surface area (Å²) >= 11 is 0. The van der Waals surface area contributed by atoms with E-state index in [-0.39, 0.29) is 0 Å². The van der Waals surface area contributed by atoms with Crippen molar-refractivity contribution < 1.29 is 9.53 Å². The lowest BCUT2D eigenvalue weighted by Crippen LogP contribution is -2.07. The van der Waals surface area contributed by atoms with Crippen LogP contribution in [-0.2, 0) is 4.79 Å². The van der Waals surface area contributed by atoms with Crippen LogP contribution in [0.2, 0.25) is 0 Å². The van der Waals surface area contributed by atoms with Gasteiger partial charge in [-0.25, -0.2) is 4.79 Å². The molecule has 0 fully saturated rings. The number of hydrogen-bond donors (Lipinski definition) is 0. The Hall–Kier alpha value is -3.15. The fraction of sp³-hybridized carbons (Fsp3) is 0.0625. The summed E-state index contributed by atoms with van der Waals surface area (Å²) in [6.07, 6.45) is 0. The van der Waals surface area contributed by atoms with Gasteiger partial charge in [-0.15, -0.1) is 4.91 Å². The van der Waals surface area contributed by atoms with Crippen molar-refractivity contribution in [3.63, 3.8) is 0 Å². The van der Waals surface area contributed by atoms with Crippen LogP contribution in [0.3, 0.4) is 0 Å². The topological polar surface area (TPSA) is 80.4 Å². The number of hydrogen-bond acceptors (Lipinski definition) is 6. The molecule has 0 spiro atoms. The second kappa shape index (κ2) is 7.03. The Morgan fingerprint density at radius 2 is 1.36 bits per heavy atom. The molecule has 0 aliphatic heterocycles. The molecule has 0 radical (unpaired) electrons. The van der Waals surface area contributed by atoms with E-state index in [2.05, 4.69) is 22.0 Å². The molecule has 0 bridgehead atoms. The van der Waals surface area contributed by atoms with Crippen LogP contribution in [0.4, 0.5) is 17.1 Å². The van der Waals surface area contributed by atoms with Crippen LogP contribution in [0.1, 0.15) is 6.92 Å². The first-order valence-electron chi connectivity index (χ1n) is 6.41. The van der Waals surface area contributed by atoms with Gasteiger partial charge in [0, 0.05) is 5.57 Å². The number of nitroso groups, excluding NO2 is 1. The summed E-state index contributed by atoms with van der Waals surface area (Å²) in [5, 5.41) is 10.9. The molecule has 0 N–H and O–H groups in total. The standard InChI is InChI=1S/C16H13N3O3/c1-11(2)16(20)22-15-9-7-13(8-10-15)18-17-12-3-5-14(19-21)6-4-12/h3-10H,1H2,2H3. The summed E-state index contributed by atoms with van der Waals surface area (Å²) < 4.78 is 5.07. The molecule has 0 aromatic heterocycles. The van der Waals surface area contributed by atoms with Crippen molar-refractivity contribution in [3.05, 3.63) is 65.6 Å². The van der Waals surface area contributed by atoms with Crippen LogP contribution in [0.15, 0.2) is 76.1 Å². The highest BCUT2D eigenvalue weighted by Gasteiger charge is 2.04. The molecular formula is C16H13N3O3. The van der Waals surface area contributed by atoms with Crippen LogP contribution < -0.4 is 4.74 Å². The minimum Gasteiger partial charge on any atom is -0.423 e. The molecule has 6 nitrogen and oxygen atoms in total. The zero-order chi connectivity index (χ0) is 15.9. The third-order valence-electron chi connectivity index (χ3n) is 2.63. The average molecular weight is 295 g/mol. The number of benzene rings is 2. The molecule has 22 heavy (non-hydrogen) atoms. The van der Waals surface area contributed by atoms with E-state index in [4.69, 9.17) is 4.74 Å². The zero-order valence-corrected chi connectivity index (χ0v) is 11.9. The Morgan fingerprint density at radius 3 is 1.82 bits per heavy atom. The number of nitrogens with zero attached hydrogens (tertiary/aromatic N) is 3. The van der Waals surface area contributed by atoms with Crippen molar-refractivity contribution in [2.75, 3.05) is 0 Å². The average Bonchev–Trinajstić information content (AvgIpc) is 2.54. The molecule has 0 heterocycles. The largest absolute Gasteiger partial charge is 0.423 e. The van der Waals surface area contributed by atoms with E-state index < -0.39 is 5.97 Å². The van der Waals surface area contributed by atoms with Gasteiger partial charge in [0.05, 0.1) is 11.4 Å². The molecule has 2 aromatic rings. The van der Waals surface area contributed by atoms with Gasteiger partial charge < -0.3 is 4.74 Å². The molecule has 110 valence electrons. The fourth-order valence-corrected chi connectivity index (χ4v) is 1.47. The van der Waals surface area contributed by atoms with E-state index in [1.807, 2.05) is 0 Å². The van der Waals surface area contributed by atoms with Crippen molar-refractivity contribution in [1.82, 2.24) is 0 Å². The molecule has 0 saturated carbocycles. The molecule has 6 heteroatoms. The SMILES string of the molecule is C=C(C)C(=O)Oc1ccc(N=Nc2ccc(N=O)cc2)cc1. The lowest BCUT2D eigenvalue weighted by molar-refractivity contribution is -0.130. The van der Waals surface area contributed by atoms with Crippen molar-refractivity contribution in [1.29, 1.82) is 0 Å². The number of carbonyl (C=O) groups excluding carboxylic acids is 1. The normalized spacial score (nSPS) is 10.4. The molecule has 0 aliphatic carbocycles. The third kappa shape index (κ3) is 4.17. The van der Waals surface area contributed by atoms with Gasteiger partial charge in [-0.2, -0.15) is 10.2 Å². The van der Waals surface area contributed by atoms with E-state index in [0.29, 0.717) is 28.4 Å². The predicted octanol–water partition coefficient (Wildman–Crippen LogP) is 4.98. The molecule has 0 unspecified atom stereocenters. The first-order chi connectivity index (χ1) is 10.6. The Balaban J connectivity index is 2.03. The van der Waals surface area contributed by atoms with E-state index in [0.717, 1.165) is 0 Å². The molecule has 0 saturated heterocycles. The van der Waals surface area contributed by atoms with Crippen LogP contribution in [0.25, 0.3) is 0 Å². The maximum atomic E-state index is 11.4. The van der Waals surface area contributed by atoms with Crippen LogP contribution >= 0.6 is 0 Å². The molecule has 0 aliphatic rings. The van der Waals surface area contributed by atoms with Crippen LogP contribution in [0.5, 0.6) is 5.75 Å². The molecule has 2 rings (SSSR count). The van der Waals surface area contributed by atoms with Gasteiger partial charge in [0.1, 0.15) is 11.4 Å². The number of carbonyl (C=O) groups is 1. The number of azo groups is 1. The van der Waals surface area contributed by atoms with E-state index in [1.54, 1.807) is 55.5 Å². The highest BCUT2D eigenvalue weighted by Crippen LogP contribution is 2.23. The first-order valence-corrected chi connectivity index (χ1v) is 6.41. The lowest BCUT2D eigenvalue weighted by atomic mass is 10.3. The lowest BCUT2D eigenvalue weighted by Gasteiger charge is -2.03. The van der Waals surface area contributed by atoms with Gasteiger partial charge in [0.2, 0.25) is 0 Å². The van der Waals surface area contributed by atoms with E-state index >= 15 is 0 Å². The molecule has 0 atom stereocenters. The second-order valence-corrected chi connectivity index (χ2v) is 4.47. The first kappa shape index (κ1) is 15.2. The monoisotopic (exact) mass is 295 g/mol. The number of ether oxygens (including phenoxy) is 1.